The van der Waals surface area contributed by atoms with Crippen LogP contribution in [0.5, 0.6) is 0 Å². The van der Waals surface area contributed by atoms with E-state index in [4.69, 9.17) is 9.90 Å². The third-order valence-corrected chi connectivity index (χ3v) is 0.611. The predicted molar refractivity (Wildman–Crippen MR) is 30.8 cm³/mol. The maximum atomic E-state index is 10.6. The van der Waals surface area contributed by atoms with Crippen molar-refractivity contribution in [3.63, 3.8) is 0 Å². The van der Waals surface area contributed by atoms with E-state index >= 15 is 0 Å². The average molecular weight is 200 g/mol. The topological polar surface area (TPSA) is 96.2 Å². The highest BCUT2D eigenvalue weighted by atomic mass is 19.4. The van der Waals surface area contributed by atoms with Gasteiger partial charge in [0.05, 0.1) is 0 Å². The van der Waals surface area contributed by atoms with Gasteiger partial charge in [0.15, 0.2) is 0 Å². The molecule has 0 unspecified atom stereocenters. The molecule has 1 heterocycles. The number of hydrogen-bond acceptors (Lipinski definition) is 4. The molecule has 1 rings (SSSR count). The summed E-state index contributed by atoms with van der Waals surface area (Å²) in [7, 11) is 0. The second-order valence-corrected chi connectivity index (χ2v) is 1.57. The zero-order valence-electron chi connectivity index (χ0n) is 5.83. The minimum atomic E-state index is -5.08. The van der Waals surface area contributed by atoms with E-state index in [1.165, 1.54) is 0 Å². The highest BCUT2D eigenvalue weighted by molar-refractivity contribution is 5.73. The van der Waals surface area contributed by atoms with E-state index in [2.05, 4.69) is 9.62 Å². The van der Waals surface area contributed by atoms with Crippen LogP contribution in [0.15, 0.2) is 15.5 Å². The highest BCUT2D eigenvalue weighted by Gasteiger charge is 2.38. The van der Waals surface area contributed by atoms with Gasteiger partial charge in [0.1, 0.15) is 6.20 Å². The van der Waals surface area contributed by atoms with E-state index in [0.29, 0.717) is 0 Å². The second-order valence-electron chi connectivity index (χ2n) is 1.57. The van der Waals surface area contributed by atoms with Gasteiger partial charge in [-0.2, -0.15) is 13.2 Å². The van der Waals surface area contributed by atoms with Gasteiger partial charge in [-0.25, -0.2) is 9.59 Å². The quantitative estimate of drug-likeness (QED) is 0.614. The average Bonchev–Trinajstić information content (AvgIpc) is 2.38. The molecule has 9 heteroatoms. The second kappa shape index (κ2) is 4.28. The van der Waals surface area contributed by atoms with Crippen molar-refractivity contribution in [2.45, 2.75) is 6.18 Å². The Labute approximate surface area is 67.9 Å². The van der Waals surface area contributed by atoms with E-state index in [1.54, 1.807) is 0 Å². The Morgan fingerprint density at radius 3 is 2.15 bits per heavy atom. The molecule has 1 aromatic heterocycles. The van der Waals surface area contributed by atoms with Crippen molar-refractivity contribution in [2.24, 2.45) is 0 Å². The third-order valence-electron chi connectivity index (χ3n) is 0.611. The number of alkyl halides is 3. The van der Waals surface area contributed by atoms with Gasteiger partial charge in [-0.05, 0) is 0 Å². The van der Waals surface area contributed by atoms with Crippen LogP contribution in [0.2, 0.25) is 0 Å². The van der Waals surface area contributed by atoms with E-state index in [9.17, 15) is 18.0 Å². The van der Waals surface area contributed by atoms with Crippen molar-refractivity contribution in [3.05, 3.63) is 16.6 Å². The first-order chi connectivity index (χ1) is 5.84. The number of aromatic amines is 1. The summed E-state index contributed by atoms with van der Waals surface area (Å²) < 4.78 is 35.8. The lowest BCUT2D eigenvalue weighted by molar-refractivity contribution is -0.192. The van der Waals surface area contributed by atoms with Crippen LogP contribution in [0.3, 0.4) is 0 Å². The molecule has 6 nitrogen and oxygen atoms in total. The Bertz CT molecular complexity index is 297. The number of H-pyrrole nitrogens is 1. The summed E-state index contributed by atoms with van der Waals surface area (Å²) in [6.45, 7) is 0. The Hall–Kier alpha value is -1.80. The number of carbonyl (C=O) groups is 1. The maximum absolute atomic E-state index is 10.6. The number of carboxylic acids is 1. The van der Waals surface area contributed by atoms with Gasteiger partial charge in [-0.3, -0.25) is 0 Å². The van der Waals surface area contributed by atoms with Crippen LogP contribution in [0.4, 0.5) is 13.2 Å². The van der Waals surface area contributed by atoms with Crippen LogP contribution in [0.25, 0.3) is 0 Å². The summed E-state index contributed by atoms with van der Waals surface area (Å²) >= 11 is 0. The van der Waals surface area contributed by atoms with Gasteiger partial charge >= 0.3 is 17.8 Å². The number of nitrogens with zero attached hydrogens (tertiary/aromatic N) is 1. The Morgan fingerprint density at radius 1 is 1.62 bits per heavy atom. The first-order valence-corrected chi connectivity index (χ1v) is 2.63. The minimum Gasteiger partial charge on any atom is -0.475 e. The molecule has 2 N–H and O–H groups in total. The first-order valence-electron chi connectivity index (χ1n) is 2.63. The zero-order valence-corrected chi connectivity index (χ0v) is 5.83. The lowest BCUT2D eigenvalue weighted by atomic mass is 10.7. The Morgan fingerprint density at radius 2 is 2.08 bits per heavy atom. The van der Waals surface area contributed by atoms with Gasteiger partial charge < -0.3 is 9.63 Å². The summed E-state index contributed by atoms with van der Waals surface area (Å²) in [5.74, 6) is -2.76. The molecule has 74 valence electrons. The van der Waals surface area contributed by atoms with E-state index in [1.807, 2.05) is 5.27 Å². The van der Waals surface area contributed by atoms with Crippen LogP contribution < -0.4 is 5.63 Å². The molecule has 0 radical (unpaired) electrons. The standard InChI is InChI=1S/C2HF3O2.C2H2N2O2/c3-2(4,5)1(6)7;5-2-1-3-4-6-2/h(H,6,7);1,4H. The zero-order chi connectivity index (χ0) is 10.5. The summed E-state index contributed by atoms with van der Waals surface area (Å²) in [6.07, 6.45) is -4.03. The van der Waals surface area contributed by atoms with Crippen LogP contribution in [-0.2, 0) is 4.79 Å². The molecule has 0 aromatic carbocycles. The number of nitrogens with one attached hydrogen (secondary N) is 1. The van der Waals surface area contributed by atoms with Crippen molar-refractivity contribution in [2.75, 3.05) is 0 Å². The Kier molecular flexibility index (Phi) is 3.69. The largest absolute Gasteiger partial charge is 0.490 e. The fraction of sp³-hybridized carbons (Fsp3) is 0.250. The lowest BCUT2D eigenvalue weighted by Crippen LogP contribution is -2.21. The fourth-order valence-corrected chi connectivity index (χ4v) is 0.177. The third kappa shape index (κ3) is 5.47. The number of carboxylic acid groups (broad SMARTS) is 1. The lowest BCUT2D eigenvalue weighted by Gasteiger charge is -1.93. The van der Waals surface area contributed by atoms with Crippen molar-refractivity contribution >= 4 is 5.97 Å². The molecule has 0 aliphatic rings. The van der Waals surface area contributed by atoms with Gasteiger partial charge in [0.25, 0.3) is 0 Å². The molecule has 0 atom stereocenters. The van der Waals surface area contributed by atoms with Crippen LogP contribution in [0, 0.1) is 0 Å². The van der Waals surface area contributed by atoms with Crippen LogP contribution in [0.1, 0.15) is 0 Å². The SMILES string of the molecule is O=C(O)C(F)(F)F.O=c1cn[nH]o1. The highest BCUT2D eigenvalue weighted by Crippen LogP contribution is 2.13. The molecule has 13 heavy (non-hydrogen) atoms. The number of halogens is 3. The molecular formula is C4H3F3N2O4. The summed E-state index contributed by atoms with van der Waals surface area (Å²) in [6, 6.07) is 0. The number of aliphatic carboxylic acids is 1. The van der Waals surface area contributed by atoms with E-state index in [-0.39, 0.29) is 0 Å². The van der Waals surface area contributed by atoms with E-state index in [0.717, 1.165) is 6.20 Å². The molecule has 0 saturated heterocycles. The molecule has 0 aliphatic heterocycles. The van der Waals surface area contributed by atoms with Crippen LogP contribution >= 0.6 is 0 Å². The molecule has 0 fully saturated rings. The van der Waals surface area contributed by atoms with Gasteiger partial charge in [-0.1, -0.05) is 0 Å². The molecular weight excluding hydrogens is 197 g/mol. The molecule has 0 saturated carbocycles. The van der Waals surface area contributed by atoms with Gasteiger partial charge in [0, 0.05) is 0 Å². The normalized spacial score (nSPS) is 10.1. The van der Waals surface area contributed by atoms with E-state index < -0.39 is 17.8 Å². The monoisotopic (exact) mass is 200 g/mol. The predicted octanol–water partition coefficient (Wildman–Crippen LogP) is -0.00380. The molecule has 0 amide bonds. The van der Waals surface area contributed by atoms with Crippen molar-refractivity contribution in [1.29, 1.82) is 0 Å². The summed E-state index contributed by atoms with van der Waals surface area (Å²) in [5.41, 5.74) is -0.449. The van der Waals surface area contributed by atoms with Crippen molar-refractivity contribution in [1.82, 2.24) is 10.4 Å². The smallest absolute Gasteiger partial charge is 0.475 e. The molecule has 0 aliphatic carbocycles. The van der Waals surface area contributed by atoms with Gasteiger partial charge in [-0.15, -0.1) is 10.4 Å². The minimum absolute atomic E-state index is 0.449. The molecule has 0 spiro atoms. The number of rotatable bonds is 0. The summed E-state index contributed by atoms with van der Waals surface area (Å²) in [5, 5.41) is 12.3. The Balaban J connectivity index is 0.000000223. The van der Waals surface area contributed by atoms with Crippen molar-refractivity contribution < 1.29 is 27.6 Å². The molecule has 1 aromatic rings. The fourth-order valence-electron chi connectivity index (χ4n) is 0.177. The maximum Gasteiger partial charge on any atom is 0.490 e. The number of hydrogen-bond donors (Lipinski definition) is 2. The number of aromatic nitrogens is 2. The van der Waals surface area contributed by atoms with Gasteiger partial charge in [0.2, 0.25) is 0 Å². The summed E-state index contributed by atoms with van der Waals surface area (Å²) in [4.78, 5) is 18.7. The van der Waals surface area contributed by atoms with Crippen LogP contribution in [-0.4, -0.2) is 27.6 Å². The van der Waals surface area contributed by atoms with Crippen molar-refractivity contribution in [3.8, 4) is 0 Å². The molecule has 0 bridgehead atoms. The first kappa shape index (κ1) is 11.2.